The summed E-state index contributed by atoms with van der Waals surface area (Å²) in [6, 6.07) is 44.8. The molecule has 0 aliphatic rings. The number of hydrogen-bond acceptors (Lipinski definition) is 2. The van der Waals surface area contributed by atoms with E-state index in [0.717, 1.165) is 61.2 Å². The van der Waals surface area contributed by atoms with Gasteiger partial charge in [-0.2, -0.15) is 0 Å². The highest BCUT2D eigenvalue weighted by atomic mass is 15.2. The number of rotatable bonds is 3. The molecule has 0 saturated heterocycles. The molecule has 9 rings (SSSR count). The number of fused-ring (bicyclic) bond motifs is 8. The first-order valence-corrected chi connectivity index (χ1v) is 13.8. The Balaban J connectivity index is 1.55. The van der Waals surface area contributed by atoms with E-state index in [0.29, 0.717) is 0 Å². The molecule has 0 atom stereocenters. The zero-order valence-corrected chi connectivity index (χ0v) is 22.0. The number of nitrogens with zero attached hydrogens (tertiary/aromatic N) is 5. The molecule has 41 heavy (non-hydrogen) atoms. The van der Waals surface area contributed by atoms with Crippen LogP contribution in [0.2, 0.25) is 0 Å². The largest absolute Gasteiger partial charge is 0.307 e. The summed E-state index contributed by atoms with van der Waals surface area (Å²) < 4.78 is 7.08. The van der Waals surface area contributed by atoms with E-state index in [-0.39, 0.29) is 0 Å². The molecular formula is C36H23N5. The maximum Gasteiger partial charge on any atom is 0.123 e. The van der Waals surface area contributed by atoms with Crippen LogP contribution in [0.1, 0.15) is 0 Å². The van der Waals surface area contributed by atoms with Crippen molar-refractivity contribution in [2.75, 3.05) is 0 Å². The molecule has 0 saturated carbocycles. The molecule has 5 aromatic heterocycles. The Morgan fingerprint density at radius 2 is 1.10 bits per heavy atom. The standard InChI is InChI=1S/C36H23N5/c1-3-13-25(14-4-1)39-29-18-9-7-12-24(29)22-32(39)41-31-20-11-21-37-33(31)34-36(41)35-28(23-38-34)27-17-8-10-19-30(27)40(35)26-15-5-2-6-16-26/h1-23H. The minimum absolute atomic E-state index is 0.887. The van der Waals surface area contributed by atoms with Gasteiger partial charge >= 0.3 is 0 Å². The molecule has 192 valence electrons. The Kier molecular flexibility index (Phi) is 4.55. The highest BCUT2D eigenvalue weighted by Crippen LogP contribution is 2.41. The van der Waals surface area contributed by atoms with Crippen LogP contribution in [-0.4, -0.2) is 23.7 Å². The van der Waals surface area contributed by atoms with Gasteiger partial charge in [-0.15, -0.1) is 0 Å². The lowest BCUT2D eigenvalue weighted by Gasteiger charge is -2.15. The van der Waals surface area contributed by atoms with Gasteiger partial charge < -0.3 is 4.57 Å². The predicted molar refractivity (Wildman–Crippen MR) is 168 cm³/mol. The molecule has 0 bridgehead atoms. The van der Waals surface area contributed by atoms with Gasteiger partial charge in [0.1, 0.15) is 22.4 Å². The first-order chi connectivity index (χ1) is 20.4. The number of para-hydroxylation sites is 4. The summed E-state index contributed by atoms with van der Waals surface area (Å²) in [5.41, 5.74) is 9.46. The van der Waals surface area contributed by atoms with Crippen LogP contribution in [0, 0.1) is 0 Å². The highest BCUT2D eigenvalue weighted by molar-refractivity contribution is 6.21. The van der Waals surface area contributed by atoms with Gasteiger partial charge in [0, 0.05) is 39.9 Å². The molecule has 0 fully saturated rings. The summed E-state index contributed by atoms with van der Waals surface area (Å²) in [6.45, 7) is 0. The summed E-state index contributed by atoms with van der Waals surface area (Å²) in [4.78, 5) is 9.96. The summed E-state index contributed by atoms with van der Waals surface area (Å²) in [7, 11) is 0. The average Bonchev–Trinajstić information content (AvgIpc) is 3.69. The van der Waals surface area contributed by atoms with E-state index in [4.69, 9.17) is 9.97 Å². The number of hydrogen-bond donors (Lipinski definition) is 0. The smallest absolute Gasteiger partial charge is 0.123 e. The third kappa shape index (κ3) is 3.06. The van der Waals surface area contributed by atoms with Gasteiger partial charge in [-0.3, -0.25) is 19.1 Å². The molecule has 0 amide bonds. The molecule has 0 spiro atoms. The highest BCUT2D eigenvalue weighted by Gasteiger charge is 2.24. The fourth-order valence-electron chi connectivity index (χ4n) is 6.43. The van der Waals surface area contributed by atoms with Gasteiger partial charge in [-0.05, 0) is 54.6 Å². The second-order valence-corrected chi connectivity index (χ2v) is 10.3. The molecule has 5 heterocycles. The summed E-state index contributed by atoms with van der Waals surface area (Å²) in [5.74, 6) is 1.05. The van der Waals surface area contributed by atoms with Crippen LogP contribution in [0.3, 0.4) is 0 Å². The van der Waals surface area contributed by atoms with E-state index in [1.54, 1.807) is 0 Å². The second kappa shape index (κ2) is 8.41. The predicted octanol–water partition coefficient (Wildman–Crippen LogP) is 8.61. The molecule has 5 heteroatoms. The van der Waals surface area contributed by atoms with Crippen LogP contribution in [0.15, 0.2) is 140 Å². The van der Waals surface area contributed by atoms with Gasteiger partial charge in [0.25, 0.3) is 0 Å². The van der Waals surface area contributed by atoms with Crippen molar-refractivity contribution in [3.63, 3.8) is 0 Å². The molecule has 5 nitrogen and oxygen atoms in total. The summed E-state index contributed by atoms with van der Waals surface area (Å²) >= 11 is 0. The van der Waals surface area contributed by atoms with E-state index in [9.17, 15) is 0 Å². The number of benzene rings is 4. The molecule has 0 aliphatic heterocycles. The second-order valence-electron chi connectivity index (χ2n) is 10.3. The molecule has 0 N–H and O–H groups in total. The van der Waals surface area contributed by atoms with Gasteiger partial charge in [-0.1, -0.05) is 72.8 Å². The van der Waals surface area contributed by atoms with Crippen LogP contribution in [0.5, 0.6) is 0 Å². The van der Waals surface area contributed by atoms with Crippen LogP contribution < -0.4 is 0 Å². The SMILES string of the molecule is c1ccc(-n2c(-n3c4cccnc4c4ncc5c6ccccc6n(-c6ccccc6)c5c43)cc3ccccc32)cc1. The van der Waals surface area contributed by atoms with Crippen LogP contribution in [0.4, 0.5) is 0 Å². The van der Waals surface area contributed by atoms with E-state index in [2.05, 4.69) is 135 Å². The summed E-state index contributed by atoms with van der Waals surface area (Å²) in [6.07, 6.45) is 3.88. The minimum atomic E-state index is 0.887. The van der Waals surface area contributed by atoms with Crippen molar-refractivity contribution in [1.82, 2.24) is 23.7 Å². The van der Waals surface area contributed by atoms with Gasteiger partial charge in [0.2, 0.25) is 0 Å². The quantitative estimate of drug-likeness (QED) is 0.232. The lowest BCUT2D eigenvalue weighted by atomic mass is 10.2. The van der Waals surface area contributed by atoms with Crippen molar-refractivity contribution in [3.8, 4) is 17.2 Å². The van der Waals surface area contributed by atoms with Crippen LogP contribution in [0.25, 0.3) is 72.0 Å². The van der Waals surface area contributed by atoms with E-state index in [1.165, 1.54) is 10.8 Å². The lowest BCUT2D eigenvalue weighted by molar-refractivity contribution is 0.999. The van der Waals surface area contributed by atoms with Gasteiger partial charge in [0.15, 0.2) is 0 Å². The number of pyridine rings is 2. The molecule has 0 unspecified atom stereocenters. The molecule has 0 radical (unpaired) electrons. The van der Waals surface area contributed by atoms with Crippen LogP contribution in [-0.2, 0) is 0 Å². The van der Waals surface area contributed by atoms with Crippen molar-refractivity contribution in [2.24, 2.45) is 0 Å². The lowest BCUT2D eigenvalue weighted by Crippen LogP contribution is -2.05. The Morgan fingerprint density at radius 3 is 1.90 bits per heavy atom. The molecule has 9 aromatic rings. The average molecular weight is 526 g/mol. The first kappa shape index (κ1) is 22.2. The Morgan fingerprint density at radius 1 is 0.439 bits per heavy atom. The number of aromatic nitrogens is 5. The minimum Gasteiger partial charge on any atom is -0.307 e. The van der Waals surface area contributed by atoms with Crippen molar-refractivity contribution >= 4 is 54.8 Å². The Bertz CT molecular complexity index is 2410. The fraction of sp³-hybridized carbons (Fsp3) is 0. The Labute approximate surface area is 235 Å². The fourth-order valence-corrected chi connectivity index (χ4v) is 6.43. The normalized spacial score (nSPS) is 11.9. The van der Waals surface area contributed by atoms with Crippen molar-refractivity contribution < 1.29 is 0 Å². The molecular weight excluding hydrogens is 502 g/mol. The maximum atomic E-state index is 5.09. The first-order valence-electron chi connectivity index (χ1n) is 13.8. The van der Waals surface area contributed by atoms with Crippen molar-refractivity contribution in [1.29, 1.82) is 0 Å². The monoisotopic (exact) mass is 525 g/mol. The van der Waals surface area contributed by atoms with Crippen molar-refractivity contribution in [3.05, 3.63) is 140 Å². The third-order valence-corrected chi connectivity index (χ3v) is 8.11. The zero-order chi connectivity index (χ0) is 26.9. The zero-order valence-electron chi connectivity index (χ0n) is 22.0. The van der Waals surface area contributed by atoms with E-state index < -0.39 is 0 Å². The third-order valence-electron chi connectivity index (χ3n) is 8.11. The van der Waals surface area contributed by atoms with Crippen LogP contribution >= 0.6 is 0 Å². The summed E-state index contributed by atoms with van der Waals surface area (Å²) in [5, 5.41) is 3.46. The van der Waals surface area contributed by atoms with Gasteiger partial charge in [0.05, 0.1) is 22.1 Å². The van der Waals surface area contributed by atoms with E-state index >= 15 is 0 Å². The maximum absolute atomic E-state index is 5.09. The topological polar surface area (TPSA) is 40.6 Å². The van der Waals surface area contributed by atoms with Crippen molar-refractivity contribution in [2.45, 2.75) is 0 Å². The molecule has 4 aromatic carbocycles. The van der Waals surface area contributed by atoms with E-state index in [1.807, 2.05) is 18.5 Å². The van der Waals surface area contributed by atoms with Gasteiger partial charge in [-0.25, -0.2) is 0 Å². The molecule has 0 aliphatic carbocycles. The Hall–Kier alpha value is -5.68.